The van der Waals surface area contributed by atoms with E-state index in [4.69, 9.17) is 0 Å². The van der Waals surface area contributed by atoms with Crippen molar-refractivity contribution in [3.05, 3.63) is 96.2 Å². The van der Waals surface area contributed by atoms with Crippen LogP contribution < -0.4 is 15.6 Å². The van der Waals surface area contributed by atoms with Gasteiger partial charge in [0.25, 0.3) is 0 Å². The molecule has 0 saturated heterocycles. The van der Waals surface area contributed by atoms with Crippen LogP contribution in [0, 0.1) is 5.41 Å². The lowest BCUT2D eigenvalue weighted by atomic mass is 9.79. The molecule has 3 heteroatoms. The lowest BCUT2D eigenvalue weighted by Gasteiger charge is -2.40. The molecule has 2 aromatic rings. The van der Waals surface area contributed by atoms with Gasteiger partial charge >= 0.3 is 0 Å². The fraction of sp³-hybridized carbons (Fsp3) is 0.357. The Morgan fingerprint density at radius 2 is 1.48 bits per heavy atom. The van der Waals surface area contributed by atoms with Crippen molar-refractivity contribution in [2.45, 2.75) is 57.9 Å². The molecule has 0 amide bonds. The molecule has 1 N–H and O–H groups in total. The Morgan fingerprint density at radius 3 is 1.97 bits per heavy atom. The molecule has 2 aromatic carbocycles. The van der Waals surface area contributed by atoms with E-state index in [1.807, 2.05) is 0 Å². The first-order valence-corrected chi connectivity index (χ1v) is 15.9. The third kappa shape index (κ3) is 4.87. The fourth-order valence-corrected chi connectivity index (χ4v) is 11.9. The molecule has 0 radical (unpaired) electrons. The zero-order valence-corrected chi connectivity index (χ0v) is 21.5. The highest BCUT2D eigenvalue weighted by Gasteiger charge is 2.48. The van der Waals surface area contributed by atoms with Crippen LogP contribution in [-0.4, -0.2) is 19.4 Å². The minimum atomic E-state index is -1.74. The molecular weight excluding hydrogens is 409 g/mol. The largest absolute Gasteiger partial charge is 0.329 e. The van der Waals surface area contributed by atoms with Crippen LogP contribution >= 0.6 is 7.92 Å². The van der Waals surface area contributed by atoms with Gasteiger partial charge in [0, 0.05) is 16.6 Å². The Bertz CT molecular complexity index is 945. The molecule has 0 aliphatic heterocycles. The van der Waals surface area contributed by atoms with Crippen molar-refractivity contribution in [3.8, 4) is 0 Å². The summed E-state index contributed by atoms with van der Waals surface area (Å²) in [6, 6.07) is 22.5. The van der Waals surface area contributed by atoms with Crippen molar-refractivity contribution < 1.29 is 0 Å². The Labute approximate surface area is 191 Å². The minimum Gasteiger partial charge on any atom is -0.329 e. The van der Waals surface area contributed by atoms with Crippen molar-refractivity contribution in [1.29, 1.82) is 0 Å². The number of allylic oxidation sites excluding steroid dienone is 6. The van der Waals surface area contributed by atoms with Crippen molar-refractivity contribution in [1.82, 2.24) is 4.98 Å². The van der Waals surface area contributed by atoms with Crippen molar-refractivity contribution in [2.24, 2.45) is 5.41 Å². The summed E-state index contributed by atoms with van der Waals surface area (Å²) in [5, 5.41) is 4.65. The average molecular weight is 446 g/mol. The second-order valence-electron chi connectivity index (χ2n) is 10.6. The molecule has 2 aliphatic carbocycles. The molecule has 0 saturated carbocycles. The summed E-state index contributed by atoms with van der Waals surface area (Å²) >= 11 is 0. The van der Waals surface area contributed by atoms with Gasteiger partial charge in [0.05, 0.1) is 0 Å². The highest BCUT2D eigenvalue weighted by molar-refractivity contribution is 7.73. The van der Waals surface area contributed by atoms with Gasteiger partial charge in [0.1, 0.15) is 8.24 Å². The van der Waals surface area contributed by atoms with E-state index in [0.29, 0.717) is 5.66 Å². The molecule has 31 heavy (non-hydrogen) atoms. The van der Waals surface area contributed by atoms with Gasteiger partial charge in [-0.3, -0.25) is 0 Å². The van der Waals surface area contributed by atoms with Crippen LogP contribution in [-0.2, 0) is 0 Å². The SMILES string of the molecule is CC(C)(C)N[Si](C)(C)C1=CC(P(c2ccccc2)c2ccccc2)C2(C=CC=CC2)C1. The molecule has 1 nitrogen and oxygen atoms in total. The molecule has 0 aromatic heterocycles. The summed E-state index contributed by atoms with van der Waals surface area (Å²) in [5.74, 6) is 0. The molecule has 0 fully saturated rings. The molecular formula is C28H36NPSi. The first-order chi connectivity index (χ1) is 14.7. The van der Waals surface area contributed by atoms with E-state index < -0.39 is 16.2 Å². The van der Waals surface area contributed by atoms with E-state index in [2.05, 4.69) is 130 Å². The van der Waals surface area contributed by atoms with Crippen molar-refractivity contribution >= 4 is 26.8 Å². The maximum atomic E-state index is 4.03. The predicted octanol–water partition coefficient (Wildman–Crippen LogP) is 6.45. The van der Waals surface area contributed by atoms with Gasteiger partial charge in [-0.2, -0.15) is 0 Å². The summed E-state index contributed by atoms with van der Waals surface area (Å²) in [6.07, 6.45) is 14.5. The average Bonchev–Trinajstić information content (AvgIpc) is 3.08. The first-order valence-electron chi connectivity index (χ1n) is 11.4. The Hall–Kier alpha value is -1.73. The zero-order chi connectivity index (χ0) is 22.1. The number of hydrogen-bond donors (Lipinski definition) is 1. The monoisotopic (exact) mass is 445 g/mol. The first kappa shape index (κ1) is 22.5. The molecule has 0 bridgehead atoms. The molecule has 2 aliphatic rings. The second kappa shape index (κ2) is 8.66. The smallest absolute Gasteiger partial charge is 0.147 e. The summed E-state index contributed by atoms with van der Waals surface area (Å²) < 4.78 is 0. The highest BCUT2D eigenvalue weighted by Crippen LogP contribution is 2.58. The maximum Gasteiger partial charge on any atom is 0.147 e. The summed E-state index contributed by atoms with van der Waals surface area (Å²) in [4.78, 5) is 4.03. The Kier molecular flexibility index (Phi) is 6.27. The van der Waals surface area contributed by atoms with Crippen LogP contribution in [0.25, 0.3) is 0 Å². The highest BCUT2D eigenvalue weighted by atomic mass is 31.1. The van der Waals surface area contributed by atoms with Crippen LogP contribution in [0.5, 0.6) is 0 Å². The number of hydrogen-bond acceptors (Lipinski definition) is 1. The summed E-state index contributed by atoms with van der Waals surface area (Å²) in [7, 11) is -2.24. The molecule has 4 rings (SSSR count). The van der Waals surface area contributed by atoms with Gasteiger partial charge in [-0.05, 0) is 52.1 Å². The Morgan fingerprint density at radius 1 is 0.903 bits per heavy atom. The van der Waals surface area contributed by atoms with E-state index >= 15 is 0 Å². The van der Waals surface area contributed by atoms with Gasteiger partial charge < -0.3 is 4.98 Å². The number of nitrogens with one attached hydrogen (secondary N) is 1. The van der Waals surface area contributed by atoms with Gasteiger partial charge in [-0.25, -0.2) is 0 Å². The molecule has 0 heterocycles. The lowest BCUT2D eigenvalue weighted by molar-refractivity contribution is 0.419. The third-order valence-corrected chi connectivity index (χ3v) is 12.7. The van der Waals surface area contributed by atoms with Crippen LogP contribution in [0.3, 0.4) is 0 Å². The number of rotatable bonds is 5. The molecule has 162 valence electrons. The lowest BCUT2D eigenvalue weighted by Crippen LogP contribution is -2.55. The predicted molar refractivity (Wildman–Crippen MR) is 141 cm³/mol. The Balaban J connectivity index is 1.83. The summed E-state index contributed by atoms with van der Waals surface area (Å²) in [6.45, 7) is 11.9. The normalized spacial score (nSPS) is 23.5. The molecule has 2 unspecified atom stereocenters. The van der Waals surface area contributed by atoms with Gasteiger partial charge in [-0.15, -0.1) is 0 Å². The second-order valence-corrected chi connectivity index (χ2v) is 17.1. The van der Waals surface area contributed by atoms with Crippen LogP contribution in [0.1, 0.15) is 33.6 Å². The fourth-order valence-electron chi connectivity index (χ4n) is 5.33. The van der Waals surface area contributed by atoms with Gasteiger partial charge in [0.15, 0.2) is 0 Å². The van der Waals surface area contributed by atoms with E-state index in [-0.39, 0.29) is 11.0 Å². The van der Waals surface area contributed by atoms with Crippen molar-refractivity contribution in [3.63, 3.8) is 0 Å². The van der Waals surface area contributed by atoms with E-state index in [9.17, 15) is 0 Å². The topological polar surface area (TPSA) is 12.0 Å². The van der Waals surface area contributed by atoms with Crippen LogP contribution in [0.4, 0.5) is 0 Å². The zero-order valence-electron chi connectivity index (χ0n) is 19.6. The van der Waals surface area contributed by atoms with Gasteiger partial charge in [-0.1, -0.05) is 109 Å². The minimum absolute atomic E-state index is 0.133. The molecule has 2 atom stereocenters. The van der Waals surface area contributed by atoms with Crippen LogP contribution in [0.15, 0.2) is 96.2 Å². The van der Waals surface area contributed by atoms with Crippen molar-refractivity contribution in [2.75, 3.05) is 0 Å². The van der Waals surface area contributed by atoms with Gasteiger partial charge in [0.2, 0.25) is 0 Å². The standard InChI is InChI=1S/C28H36NPSi/c1-27(2,3)29-31(4,5)25-21-26(28(22-25)19-13-8-14-20-28)30(23-15-9-6-10-16-23)24-17-11-7-12-18-24/h6-19,21,26,29H,20,22H2,1-5H3. The quantitative estimate of drug-likeness (QED) is 0.412. The summed E-state index contributed by atoms with van der Waals surface area (Å²) in [5.41, 5.74) is 0.830. The maximum absolute atomic E-state index is 4.03. The van der Waals surface area contributed by atoms with E-state index in [1.165, 1.54) is 17.0 Å². The molecule has 1 spiro atoms. The number of benzene rings is 2. The van der Waals surface area contributed by atoms with E-state index in [0.717, 1.165) is 6.42 Å². The van der Waals surface area contributed by atoms with Crippen LogP contribution in [0.2, 0.25) is 13.1 Å². The van der Waals surface area contributed by atoms with E-state index in [1.54, 1.807) is 5.20 Å². The third-order valence-electron chi connectivity index (χ3n) is 6.48.